The van der Waals surface area contributed by atoms with Crippen molar-refractivity contribution in [3.8, 4) is 5.75 Å². The van der Waals surface area contributed by atoms with Crippen LogP contribution in [0.4, 0.5) is 0 Å². The first-order valence-electron chi connectivity index (χ1n) is 13.3. The van der Waals surface area contributed by atoms with Gasteiger partial charge in [-0.25, -0.2) is 0 Å². The van der Waals surface area contributed by atoms with Gasteiger partial charge >= 0.3 is 13.3 Å². The molecule has 35 heavy (non-hydrogen) atoms. The van der Waals surface area contributed by atoms with Gasteiger partial charge in [0.15, 0.2) is 0 Å². The first-order valence-corrected chi connectivity index (χ1v) is 13.3. The lowest BCUT2D eigenvalue weighted by molar-refractivity contribution is -0.145. The number of ether oxygens (including phenoxy) is 1. The van der Waals surface area contributed by atoms with Crippen molar-refractivity contribution in [1.82, 2.24) is 0 Å². The summed E-state index contributed by atoms with van der Waals surface area (Å²) in [4.78, 5) is 12.4. The van der Waals surface area contributed by atoms with E-state index < -0.39 is 7.32 Å². The molecule has 0 bridgehead atoms. The maximum absolute atomic E-state index is 12.4. The molecule has 2 atom stereocenters. The summed E-state index contributed by atoms with van der Waals surface area (Å²) >= 11 is 0. The van der Waals surface area contributed by atoms with Gasteiger partial charge in [-0.15, -0.1) is 0 Å². The highest BCUT2D eigenvalue weighted by Gasteiger charge is 2.35. The molecular formula is C28H47BO6. The average molecular weight is 490 g/mol. The van der Waals surface area contributed by atoms with E-state index in [1.807, 2.05) is 12.1 Å². The van der Waals surface area contributed by atoms with Crippen LogP contribution in [-0.4, -0.2) is 44.3 Å². The topological polar surface area (TPSA) is 74.2 Å². The van der Waals surface area contributed by atoms with Crippen LogP contribution < -0.4 is 0 Å². The number of unbranched alkanes of at least 4 members (excludes halogenated alkanes) is 1. The normalized spacial score (nSPS) is 17.6. The molecule has 198 valence electrons. The molecule has 1 aliphatic heterocycles. The first-order chi connectivity index (χ1) is 16.3. The maximum Gasteiger partial charge on any atom is 0.639 e. The molecular weight excluding hydrogens is 443 g/mol. The Labute approximate surface area is 213 Å². The lowest BCUT2D eigenvalue weighted by Crippen LogP contribution is -2.26. The Balaban J connectivity index is 1.83. The summed E-state index contributed by atoms with van der Waals surface area (Å²) in [6.45, 7) is 18.0. The van der Waals surface area contributed by atoms with E-state index >= 15 is 0 Å². The second-order valence-corrected chi connectivity index (χ2v) is 11.9. The van der Waals surface area contributed by atoms with Gasteiger partial charge in [-0.1, -0.05) is 86.8 Å². The third kappa shape index (κ3) is 9.43. The van der Waals surface area contributed by atoms with Crippen molar-refractivity contribution in [2.45, 2.75) is 111 Å². The number of aromatic hydroxyl groups is 1. The van der Waals surface area contributed by atoms with Crippen molar-refractivity contribution < 1.29 is 28.6 Å². The number of phenols is 1. The zero-order valence-corrected chi connectivity index (χ0v) is 23.2. The van der Waals surface area contributed by atoms with Crippen molar-refractivity contribution >= 4 is 13.3 Å². The molecule has 1 aliphatic rings. The summed E-state index contributed by atoms with van der Waals surface area (Å²) in [7, 11) is -0.682. The van der Waals surface area contributed by atoms with Gasteiger partial charge in [0.25, 0.3) is 0 Å². The highest BCUT2D eigenvalue weighted by Crippen LogP contribution is 2.40. The van der Waals surface area contributed by atoms with Gasteiger partial charge in [-0.3, -0.25) is 4.79 Å². The quantitative estimate of drug-likeness (QED) is 0.282. The Morgan fingerprint density at radius 1 is 1.14 bits per heavy atom. The summed E-state index contributed by atoms with van der Waals surface area (Å²) in [5.41, 5.74) is 2.42. The van der Waals surface area contributed by atoms with E-state index in [4.69, 9.17) is 18.7 Å². The van der Waals surface area contributed by atoms with Crippen LogP contribution >= 0.6 is 0 Å². The molecule has 1 heterocycles. The number of carbonyl (C=O) groups excluding carboxylic acids is 1. The Morgan fingerprint density at radius 2 is 1.77 bits per heavy atom. The van der Waals surface area contributed by atoms with Gasteiger partial charge in [-0.05, 0) is 46.3 Å². The Morgan fingerprint density at radius 3 is 2.31 bits per heavy atom. The van der Waals surface area contributed by atoms with Gasteiger partial charge in [0, 0.05) is 13.0 Å². The van der Waals surface area contributed by atoms with E-state index in [-0.39, 0.29) is 35.9 Å². The molecule has 7 heteroatoms. The van der Waals surface area contributed by atoms with Crippen LogP contribution in [0.2, 0.25) is 0 Å². The fourth-order valence-corrected chi connectivity index (χ4v) is 4.20. The monoisotopic (exact) mass is 490 g/mol. The number of carbonyl (C=O) groups is 1. The molecule has 0 amide bonds. The van der Waals surface area contributed by atoms with Crippen LogP contribution in [0.5, 0.6) is 5.75 Å². The zero-order valence-electron chi connectivity index (χ0n) is 23.2. The fraction of sp³-hybridized carbons (Fsp3) is 0.750. The van der Waals surface area contributed by atoms with Gasteiger partial charge in [0.1, 0.15) is 18.5 Å². The third-order valence-electron chi connectivity index (χ3n) is 6.57. The SMILES string of the molecule is CCCCC(CC)COB1OCC(COC(=O)CCc2cc(C(C)(C)C)c(O)c(C(C)(C)C)c2)O1. The smallest absolute Gasteiger partial charge is 0.507 e. The molecule has 1 N–H and O–H groups in total. The molecule has 0 spiro atoms. The summed E-state index contributed by atoms with van der Waals surface area (Å²) in [6, 6.07) is 4.02. The van der Waals surface area contributed by atoms with Crippen molar-refractivity contribution in [3.05, 3.63) is 28.8 Å². The fourth-order valence-electron chi connectivity index (χ4n) is 4.20. The highest BCUT2D eigenvalue weighted by molar-refractivity contribution is 6.37. The lowest BCUT2D eigenvalue weighted by atomic mass is 9.78. The van der Waals surface area contributed by atoms with E-state index in [9.17, 15) is 9.90 Å². The average Bonchev–Trinajstić information content (AvgIpc) is 3.23. The number of phenolic OH excluding ortho intramolecular Hbond substituents is 1. The number of benzene rings is 1. The highest BCUT2D eigenvalue weighted by atomic mass is 16.8. The van der Waals surface area contributed by atoms with E-state index in [1.54, 1.807) is 0 Å². The number of hydrogen-bond acceptors (Lipinski definition) is 6. The molecule has 2 rings (SSSR count). The van der Waals surface area contributed by atoms with Gasteiger partial charge < -0.3 is 23.8 Å². The Bertz CT molecular complexity index is 776. The molecule has 1 aromatic carbocycles. The number of esters is 1. The van der Waals surface area contributed by atoms with E-state index in [0.717, 1.165) is 29.5 Å². The molecule has 6 nitrogen and oxygen atoms in total. The first kappa shape index (κ1) is 29.7. The largest absolute Gasteiger partial charge is 0.639 e. The van der Waals surface area contributed by atoms with Crippen LogP contribution in [0.25, 0.3) is 0 Å². The number of aryl methyl sites for hydroxylation is 1. The molecule has 0 saturated carbocycles. The summed E-state index contributed by atoms with van der Waals surface area (Å²) in [6.07, 6.45) is 5.11. The van der Waals surface area contributed by atoms with Crippen LogP contribution in [0.1, 0.15) is 104 Å². The minimum atomic E-state index is -0.682. The number of rotatable bonds is 12. The standard InChI is InChI=1S/C28H47BO6/c1-9-11-12-20(10-2)17-33-29-34-19-22(35-29)18-32-25(30)14-13-21-15-23(27(3,4)5)26(31)24(16-21)28(6,7)8/h15-16,20,22,31H,9-14,17-19H2,1-8H3. The minimum Gasteiger partial charge on any atom is -0.507 e. The molecule has 2 unspecified atom stereocenters. The summed E-state index contributed by atoms with van der Waals surface area (Å²) in [5.74, 6) is 0.588. The van der Waals surface area contributed by atoms with E-state index in [1.165, 1.54) is 12.8 Å². The molecule has 0 aromatic heterocycles. The van der Waals surface area contributed by atoms with Gasteiger partial charge in [0.2, 0.25) is 0 Å². The van der Waals surface area contributed by atoms with Crippen LogP contribution in [-0.2, 0) is 40.7 Å². The van der Waals surface area contributed by atoms with Gasteiger partial charge in [0.05, 0.1) is 6.61 Å². The van der Waals surface area contributed by atoms with Crippen molar-refractivity contribution in [2.24, 2.45) is 5.92 Å². The second-order valence-electron chi connectivity index (χ2n) is 11.9. The van der Waals surface area contributed by atoms with E-state index in [2.05, 4.69) is 55.4 Å². The van der Waals surface area contributed by atoms with Gasteiger partial charge in [-0.2, -0.15) is 0 Å². The Hall–Kier alpha value is -1.57. The predicted molar refractivity (Wildman–Crippen MR) is 141 cm³/mol. The van der Waals surface area contributed by atoms with Crippen molar-refractivity contribution in [1.29, 1.82) is 0 Å². The van der Waals surface area contributed by atoms with E-state index in [0.29, 0.717) is 31.3 Å². The van der Waals surface area contributed by atoms with Crippen LogP contribution in [0, 0.1) is 5.92 Å². The van der Waals surface area contributed by atoms with Crippen molar-refractivity contribution in [3.63, 3.8) is 0 Å². The molecule has 0 radical (unpaired) electrons. The zero-order chi connectivity index (χ0) is 26.2. The third-order valence-corrected chi connectivity index (χ3v) is 6.57. The van der Waals surface area contributed by atoms with Crippen molar-refractivity contribution in [2.75, 3.05) is 19.8 Å². The van der Waals surface area contributed by atoms with Crippen LogP contribution in [0.15, 0.2) is 12.1 Å². The molecule has 1 fully saturated rings. The predicted octanol–water partition coefficient (Wildman–Crippen LogP) is 6.10. The maximum atomic E-state index is 12.4. The lowest BCUT2D eigenvalue weighted by Gasteiger charge is -2.28. The molecule has 1 saturated heterocycles. The minimum absolute atomic E-state index is 0.155. The number of hydrogen-bond donors (Lipinski definition) is 1. The Kier molecular flexibility index (Phi) is 11.1. The molecule has 0 aliphatic carbocycles. The van der Waals surface area contributed by atoms with Crippen LogP contribution in [0.3, 0.4) is 0 Å². The molecule has 1 aromatic rings. The summed E-state index contributed by atoms with van der Waals surface area (Å²) < 4.78 is 22.6. The summed E-state index contributed by atoms with van der Waals surface area (Å²) in [5, 5.41) is 10.9. The second kappa shape index (κ2) is 13.1.